The second-order valence-corrected chi connectivity index (χ2v) is 15.7. The van der Waals surface area contributed by atoms with Gasteiger partial charge in [0.1, 0.15) is 35.0 Å². The summed E-state index contributed by atoms with van der Waals surface area (Å²) in [7, 11) is -3.89. The number of carbonyl (C=O) groups excluding carboxylic acids is 5. The highest BCUT2D eigenvalue weighted by Crippen LogP contribution is 2.46. The molecule has 5 unspecified atom stereocenters. The Morgan fingerprint density at radius 3 is 2.53 bits per heavy atom. The van der Waals surface area contributed by atoms with Crippen molar-refractivity contribution in [3.05, 3.63) is 42.2 Å². The summed E-state index contributed by atoms with van der Waals surface area (Å²) in [6, 6.07) is 2.52. The minimum absolute atomic E-state index is 0.0531. The summed E-state index contributed by atoms with van der Waals surface area (Å²) in [4.78, 5) is 72.6. The molecule has 2 saturated carbocycles. The molecule has 2 aliphatic heterocycles. The van der Waals surface area contributed by atoms with Crippen LogP contribution in [0.4, 0.5) is 4.79 Å². The number of ether oxygens (including phenoxy) is 2. The molecule has 3 heterocycles. The Balaban J connectivity index is 1.42. The van der Waals surface area contributed by atoms with Crippen molar-refractivity contribution in [2.45, 2.75) is 113 Å². The van der Waals surface area contributed by atoms with E-state index in [1.165, 1.54) is 17.2 Å². The third kappa shape index (κ3) is 8.48. The number of sulfonamides is 1. The molecule has 256 valence electrons. The van der Waals surface area contributed by atoms with Gasteiger partial charge in [0.2, 0.25) is 21.8 Å². The Kier molecular flexibility index (Phi) is 9.94. The number of pyridine rings is 1. The van der Waals surface area contributed by atoms with Crippen LogP contribution in [0.3, 0.4) is 0 Å². The summed E-state index contributed by atoms with van der Waals surface area (Å²) in [5.74, 6) is -3.27. The number of fused-ring (bicyclic) bond motifs is 2. The fourth-order valence-corrected chi connectivity index (χ4v) is 7.36. The van der Waals surface area contributed by atoms with E-state index in [9.17, 15) is 32.4 Å². The minimum Gasteiger partial charge on any atom is -0.456 e. The molecule has 1 aromatic heterocycles. The lowest BCUT2D eigenvalue weighted by Gasteiger charge is -2.30. The molecule has 0 bridgehead atoms. The van der Waals surface area contributed by atoms with Gasteiger partial charge in [0.25, 0.3) is 5.91 Å². The smallest absolute Gasteiger partial charge is 0.408 e. The topological polar surface area (TPSA) is 190 Å². The first-order valence-electron chi connectivity index (χ1n) is 16.2. The highest BCUT2D eigenvalue weighted by molar-refractivity contribution is 7.91. The Hall–Kier alpha value is -4.01. The summed E-state index contributed by atoms with van der Waals surface area (Å²) in [5.41, 5.74) is -2.29. The maximum atomic E-state index is 14.1. The average molecular weight is 674 g/mol. The van der Waals surface area contributed by atoms with Crippen LogP contribution < -0.4 is 15.4 Å². The second-order valence-electron chi connectivity index (χ2n) is 13.7. The van der Waals surface area contributed by atoms with Crippen LogP contribution in [-0.2, 0) is 33.9 Å². The van der Waals surface area contributed by atoms with Crippen LogP contribution in [0.1, 0.15) is 89.0 Å². The van der Waals surface area contributed by atoms with Gasteiger partial charge in [0.05, 0.1) is 11.8 Å². The molecule has 5 atom stereocenters. The highest BCUT2D eigenvalue weighted by atomic mass is 32.2. The number of carbonyl (C=O) groups is 5. The van der Waals surface area contributed by atoms with Crippen LogP contribution >= 0.6 is 0 Å². The first kappa shape index (κ1) is 34.3. The minimum atomic E-state index is -3.89. The van der Waals surface area contributed by atoms with Crippen molar-refractivity contribution in [1.29, 1.82) is 0 Å². The predicted octanol–water partition coefficient (Wildman–Crippen LogP) is 2.10. The molecule has 14 nitrogen and oxygen atoms in total. The number of hydrogen-bond acceptors (Lipinski definition) is 10. The standard InChI is InChI=1S/C32H43N5O9S/c1-31(2,3)46-30(42)34-23-12-8-6-4-5-7-11-20-18-32(20,29(41)36-47(43,44)22-14-15-22)35-26(38)25-17-21(19-37(25)27(23)39)45-28(40)24-13-9-10-16-33-24/h7,9-11,13,16,20-23,25H,4-6,8,12,14-15,17-19H2,1-3H3,(H,34,42)(H,35,38)(H,36,41)/b11-7-. The quantitative estimate of drug-likeness (QED) is 0.298. The molecule has 1 aromatic rings. The Morgan fingerprint density at radius 2 is 1.85 bits per heavy atom. The molecule has 0 aromatic carbocycles. The van der Waals surface area contributed by atoms with Gasteiger partial charge in [-0.2, -0.15) is 0 Å². The van der Waals surface area contributed by atoms with E-state index in [4.69, 9.17) is 9.47 Å². The fraction of sp³-hybridized carbons (Fsp3) is 0.625. The van der Waals surface area contributed by atoms with Crippen LogP contribution in [0.25, 0.3) is 0 Å². The van der Waals surface area contributed by atoms with Crippen LogP contribution in [0.2, 0.25) is 0 Å². The van der Waals surface area contributed by atoms with Gasteiger partial charge in [0, 0.05) is 18.5 Å². The number of nitrogens with one attached hydrogen (secondary N) is 3. The van der Waals surface area contributed by atoms with Crippen LogP contribution in [0.15, 0.2) is 36.5 Å². The van der Waals surface area contributed by atoms with E-state index in [0.29, 0.717) is 25.7 Å². The highest BCUT2D eigenvalue weighted by Gasteiger charge is 2.62. The number of allylic oxidation sites excluding steroid dienone is 1. The van der Waals surface area contributed by atoms with Crippen molar-refractivity contribution in [1.82, 2.24) is 25.2 Å². The van der Waals surface area contributed by atoms with E-state index < -0.39 is 80.3 Å². The Labute approximate surface area is 274 Å². The number of hydrogen-bond donors (Lipinski definition) is 3. The normalized spacial score (nSPS) is 29.1. The number of nitrogens with zero attached hydrogens (tertiary/aromatic N) is 2. The van der Waals surface area contributed by atoms with Crippen LogP contribution in [0.5, 0.6) is 0 Å². The molecule has 0 spiro atoms. The van der Waals surface area contributed by atoms with Crippen molar-refractivity contribution < 1.29 is 41.9 Å². The molecule has 1 saturated heterocycles. The van der Waals surface area contributed by atoms with Crippen molar-refractivity contribution in [2.75, 3.05) is 6.54 Å². The largest absolute Gasteiger partial charge is 0.456 e. The Morgan fingerprint density at radius 1 is 1.09 bits per heavy atom. The summed E-state index contributed by atoms with van der Waals surface area (Å²) >= 11 is 0. The van der Waals surface area contributed by atoms with Crippen LogP contribution in [0, 0.1) is 5.92 Å². The Bertz CT molecular complexity index is 1520. The molecule has 3 N–H and O–H groups in total. The molecule has 47 heavy (non-hydrogen) atoms. The van der Waals surface area contributed by atoms with Crippen molar-refractivity contribution >= 4 is 39.8 Å². The van der Waals surface area contributed by atoms with Crippen molar-refractivity contribution in [3.8, 4) is 0 Å². The van der Waals surface area contributed by atoms with Crippen LogP contribution in [-0.4, -0.2) is 89.2 Å². The van der Waals surface area contributed by atoms with Gasteiger partial charge >= 0.3 is 12.1 Å². The van der Waals surface area contributed by atoms with E-state index >= 15 is 0 Å². The number of amides is 4. The molecular weight excluding hydrogens is 630 g/mol. The molecule has 0 radical (unpaired) electrons. The van der Waals surface area contributed by atoms with Gasteiger partial charge in [-0.1, -0.05) is 31.1 Å². The lowest BCUT2D eigenvalue weighted by Crippen LogP contribution is -2.58. The number of rotatable bonds is 6. The molecule has 5 rings (SSSR count). The lowest BCUT2D eigenvalue weighted by atomic mass is 10.0. The van der Waals surface area contributed by atoms with Gasteiger partial charge < -0.3 is 25.0 Å². The van der Waals surface area contributed by atoms with Gasteiger partial charge in [-0.25, -0.2) is 23.0 Å². The lowest BCUT2D eigenvalue weighted by molar-refractivity contribution is -0.141. The van der Waals surface area contributed by atoms with E-state index in [2.05, 4.69) is 20.3 Å². The van der Waals surface area contributed by atoms with E-state index in [1.807, 2.05) is 12.2 Å². The summed E-state index contributed by atoms with van der Waals surface area (Å²) in [5, 5.41) is 4.80. The van der Waals surface area contributed by atoms with Crippen molar-refractivity contribution in [3.63, 3.8) is 0 Å². The zero-order valence-corrected chi connectivity index (χ0v) is 27.7. The van der Waals surface area contributed by atoms with Gasteiger partial charge in [-0.3, -0.25) is 19.1 Å². The monoisotopic (exact) mass is 673 g/mol. The molecular formula is C32H43N5O9S. The SMILES string of the molecule is CC(C)(C)OC(=O)NC1CCCCC/C=C\C2CC2(C(=O)NS(=O)(=O)C2CC2)NC(=O)C2CC(OC(=O)c3ccccn3)CN2C1=O. The maximum absolute atomic E-state index is 14.1. The average Bonchev–Trinajstić information content (AvgIpc) is 3.92. The molecule has 4 aliphatic rings. The summed E-state index contributed by atoms with van der Waals surface area (Å²) in [6.45, 7) is 4.95. The van der Waals surface area contributed by atoms with Gasteiger partial charge in [-0.15, -0.1) is 0 Å². The first-order chi connectivity index (χ1) is 22.2. The molecule has 3 fully saturated rings. The summed E-state index contributed by atoms with van der Waals surface area (Å²) in [6.07, 6.45) is 7.57. The van der Waals surface area contributed by atoms with Gasteiger partial charge in [-0.05, 0) is 71.4 Å². The third-order valence-corrected chi connectivity index (χ3v) is 10.5. The molecule has 4 amide bonds. The zero-order valence-electron chi connectivity index (χ0n) is 26.9. The van der Waals surface area contributed by atoms with E-state index in [0.717, 1.165) is 12.8 Å². The van der Waals surface area contributed by atoms with E-state index in [1.54, 1.807) is 32.9 Å². The van der Waals surface area contributed by atoms with E-state index in [-0.39, 0.29) is 31.5 Å². The first-order valence-corrected chi connectivity index (χ1v) is 17.7. The third-order valence-electron chi connectivity index (χ3n) is 8.68. The summed E-state index contributed by atoms with van der Waals surface area (Å²) < 4.78 is 38.6. The number of alkyl carbamates (subject to hydrolysis) is 1. The van der Waals surface area contributed by atoms with Crippen molar-refractivity contribution in [2.24, 2.45) is 5.92 Å². The maximum Gasteiger partial charge on any atom is 0.408 e. The second kappa shape index (κ2) is 13.6. The predicted molar refractivity (Wildman–Crippen MR) is 168 cm³/mol. The zero-order chi connectivity index (χ0) is 34.0. The molecule has 2 aliphatic carbocycles. The number of esters is 1. The van der Waals surface area contributed by atoms with Gasteiger partial charge in [0.15, 0.2) is 0 Å². The fourth-order valence-electron chi connectivity index (χ4n) is 5.99. The number of aromatic nitrogens is 1. The molecule has 15 heteroatoms.